The fraction of sp³-hybridized carbons (Fsp3) is 0.200. The largest absolute Gasteiger partial charge is 0.445 e. The third-order valence-corrected chi connectivity index (χ3v) is 2.83. The van der Waals surface area contributed by atoms with Crippen molar-refractivity contribution in [3.05, 3.63) is 64.4 Å². The lowest BCUT2D eigenvalue weighted by Gasteiger charge is -2.08. The number of pyridine rings is 1. The second kappa shape index (κ2) is 6.91. The molecule has 0 fully saturated rings. The van der Waals surface area contributed by atoms with E-state index in [4.69, 9.17) is 16.3 Å². The van der Waals surface area contributed by atoms with Crippen LogP contribution in [0.1, 0.15) is 16.8 Å². The van der Waals surface area contributed by atoms with Crippen molar-refractivity contribution < 1.29 is 9.53 Å². The smallest absolute Gasteiger partial charge is 0.407 e. The number of rotatable bonds is 4. The van der Waals surface area contributed by atoms with Crippen molar-refractivity contribution in [2.75, 3.05) is 0 Å². The van der Waals surface area contributed by atoms with Gasteiger partial charge in [0.1, 0.15) is 11.8 Å². The summed E-state index contributed by atoms with van der Waals surface area (Å²) in [7, 11) is 0. The van der Waals surface area contributed by atoms with Crippen LogP contribution in [0.3, 0.4) is 0 Å². The Morgan fingerprint density at radius 2 is 2.00 bits per heavy atom. The number of halogens is 1. The maximum absolute atomic E-state index is 11.6. The molecule has 1 heterocycles. The minimum absolute atomic E-state index is 0.253. The Kier molecular flexibility index (Phi) is 4.96. The normalized spacial score (nSPS) is 10.1. The molecule has 1 N–H and O–H groups in total. The predicted molar refractivity (Wildman–Crippen MR) is 77.5 cm³/mol. The number of aryl methyl sites for hydroxylation is 1. The molecule has 0 aliphatic rings. The molecule has 20 heavy (non-hydrogen) atoms. The highest BCUT2D eigenvalue weighted by Crippen LogP contribution is 2.10. The van der Waals surface area contributed by atoms with Crippen LogP contribution < -0.4 is 5.32 Å². The van der Waals surface area contributed by atoms with E-state index in [0.717, 1.165) is 16.8 Å². The molecular formula is C15H15ClN2O2. The molecule has 0 aliphatic carbocycles. The quantitative estimate of drug-likeness (QED) is 0.877. The van der Waals surface area contributed by atoms with Crippen molar-refractivity contribution in [1.29, 1.82) is 0 Å². The SMILES string of the molecule is Cc1cc(CNC(=O)OCc2ccccc2)cc(Cl)n1. The van der Waals surface area contributed by atoms with Gasteiger partial charge < -0.3 is 10.1 Å². The molecule has 0 radical (unpaired) electrons. The van der Waals surface area contributed by atoms with Gasteiger partial charge in [-0.3, -0.25) is 0 Å². The number of amides is 1. The molecule has 0 spiro atoms. The molecule has 4 nitrogen and oxygen atoms in total. The minimum atomic E-state index is -0.459. The summed E-state index contributed by atoms with van der Waals surface area (Å²) in [5, 5.41) is 3.09. The molecule has 1 aromatic heterocycles. The minimum Gasteiger partial charge on any atom is -0.445 e. The lowest BCUT2D eigenvalue weighted by Crippen LogP contribution is -2.23. The molecule has 2 aromatic rings. The summed E-state index contributed by atoms with van der Waals surface area (Å²) in [6.45, 7) is 2.46. The Bertz CT molecular complexity index is 567. The molecule has 104 valence electrons. The molecule has 0 aliphatic heterocycles. The lowest BCUT2D eigenvalue weighted by molar-refractivity contribution is 0.139. The number of hydrogen-bond donors (Lipinski definition) is 1. The van der Waals surface area contributed by atoms with E-state index in [-0.39, 0.29) is 6.61 Å². The second-order valence-electron chi connectivity index (χ2n) is 4.35. The van der Waals surface area contributed by atoms with E-state index in [1.54, 1.807) is 6.07 Å². The van der Waals surface area contributed by atoms with Gasteiger partial charge in [0.15, 0.2) is 0 Å². The standard InChI is InChI=1S/C15H15ClN2O2/c1-11-7-13(8-14(16)18-11)9-17-15(19)20-10-12-5-3-2-4-6-12/h2-8H,9-10H2,1H3,(H,17,19). The number of hydrogen-bond acceptors (Lipinski definition) is 3. The van der Waals surface area contributed by atoms with Crippen LogP contribution >= 0.6 is 11.6 Å². The Morgan fingerprint density at radius 1 is 1.25 bits per heavy atom. The fourth-order valence-electron chi connectivity index (χ4n) is 1.75. The van der Waals surface area contributed by atoms with Gasteiger partial charge >= 0.3 is 6.09 Å². The molecule has 0 saturated heterocycles. The third-order valence-electron chi connectivity index (χ3n) is 2.63. The lowest BCUT2D eigenvalue weighted by atomic mass is 10.2. The van der Waals surface area contributed by atoms with Crippen LogP contribution in [0.15, 0.2) is 42.5 Å². The zero-order valence-electron chi connectivity index (χ0n) is 11.1. The summed E-state index contributed by atoms with van der Waals surface area (Å²) in [5.41, 5.74) is 2.65. The Hall–Kier alpha value is -2.07. The van der Waals surface area contributed by atoms with E-state index in [2.05, 4.69) is 10.3 Å². The first-order chi connectivity index (χ1) is 9.63. The van der Waals surface area contributed by atoms with E-state index in [1.807, 2.05) is 43.3 Å². The fourth-order valence-corrected chi connectivity index (χ4v) is 2.02. The van der Waals surface area contributed by atoms with Crippen LogP contribution in [0.25, 0.3) is 0 Å². The number of nitrogens with zero attached hydrogens (tertiary/aromatic N) is 1. The van der Waals surface area contributed by atoms with Gasteiger partial charge in [0, 0.05) is 12.2 Å². The van der Waals surface area contributed by atoms with Gasteiger partial charge in [-0.05, 0) is 30.2 Å². The summed E-state index contributed by atoms with van der Waals surface area (Å²) in [6.07, 6.45) is -0.459. The maximum Gasteiger partial charge on any atom is 0.407 e. The van der Waals surface area contributed by atoms with Gasteiger partial charge in [-0.15, -0.1) is 0 Å². The molecule has 5 heteroatoms. The van der Waals surface area contributed by atoms with Crippen LogP contribution in [0, 0.1) is 6.92 Å². The maximum atomic E-state index is 11.6. The summed E-state index contributed by atoms with van der Waals surface area (Å²) in [4.78, 5) is 15.6. The topological polar surface area (TPSA) is 51.2 Å². The van der Waals surface area contributed by atoms with Gasteiger partial charge in [0.25, 0.3) is 0 Å². The van der Waals surface area contributed by atoms with E-state index in [1.165, 1.54) is 0 Å². The number of nitrogens with one attached hydrogen (secondary N) is 1. The number of carbonyl (C=O) groups excluding carboxylic acids is 1. The summed E-state index contributed by atoms with van der Waals surface area (Å²) >= 11 is 5.85. The Balaban J connectivity index is 1.80. The molecule has 0 bridgehead atoms. The molecule has 2 rings (SSSR count). The Labute approximate surface area is 122 Å². The molecule has 0 atom stereocenters. The summed E-state index contributed by atoms with van der Waals surface area (Å²) in [5.74, 6) is 0. The average molecular weight is 291 g/mol. The third kappa shape index (κ3) is 4.55. The average Bonchev–Trinajstić information content (AvgIpc) is 2.43. The zero-order valence-corrected chi connectivity index (χ0v) is 11.9. The van der Waals surface area contributed by atoms with Crippen LogP contribution in [0.2, 0.25) is 5.15 Å². The van der Waals surface area contributed by atoms with Crippen molar-refractivity contribution in [3.8, 4) is 0 Å². The van der Waals surface area contributed by atoms with Crippen molar-refractivity contribution in [2.45, 2.75) is 20.1 Å². The van der Waals surface area contributed by atoms with Crippen molar-refractivity contribution in [1.82, 2.24) is 10.3 Å². The van der Waals surface area contributed by atoms with Gasteiger partial charge in [-0.25, -0.2) is 9.78 Å². The van der Waals surface area contributed by atoms with E-state index in [9.17, 15) is 4.79 Å². The number of aromatic nitrogens is 1. The van der Waals surface area contributed by atoms with Gasteiger partial charge in [-0.1, -0.05) is 41.9 Å². The van der Waals surface area contributed by atoms with E-state index < -0.39 is 6.09 Å². The van der Waals surface area contributed by atoms with Crippen LogP contribution in [0.4, 0.5) is 4.79 Å². The predicted octanol–water partition coefficient (Wildman–Crippen LogP) is 3.47. The van der Waals surface area contributed by atoms with Gasteiger partial charge in [0.2, 0.25) is 0 Å². The Morgan fingerprint density at radius 3 is 2.70 bits per heavy atom. The summed E-state index contributed by atoms with van der Waals surface area (Å²) in [6, 6.07) is 13.1. The number of benzene rings is 1. The molecule has 0 unspecified atom stereocenters. The van der Waals surface area contributed by atoms with E-state index >= 15 is 0 Å². The van der Waals surface area contributed by atoms with Crippen molar-refractivity contribution in [2.24, 2.45) is 0 Å². The van der Waals surface area contributed by atoms with Crippen LogP contribution in [0.5, 0.6) is 0 Å². The highest BCUT2D eigenvalue weighted by molar-refractivity contribution is 6.29. The first kappa shape index (κ1) is 14.3. The second-order valence-corrected chi connectivity index (χ2v) is 4.74. The number of ether oxygens (including phenoxy) is 1. The van der Waals surface area contributed by atoms with Crippen LogP contribution in [-0.2, 0) is 17.9 Å². The van der Waals surface area contributed by atoms with Crippen molar-refractivity contribution >= 4 is 17.7 Å². The first-order valence-electron chi connectivity index (χ1n) is 6.21. The zero-order chi connectivity index (χ0) is 14.4. The first-order valence-corrected chi connectivity index (χ1v) is 6.59. The summed E-state index contributed by atoms with van der Waals surface area (Å²) < 4.78 is 5.11. The van der Waals surface area contributed by atoms with Gasteiger partial charge in [-0.2, -0.15) is 0 Å². The molecular weight excluding hydrogens is 276 g/mol. The van der Waals surface area contributed by atoms with Crippen molar-refractivity contribution in [3.63, 3.8) is 0 Å². The molecule has 1 amide bonds. The van der Waals surface area contributed by atoms with E-state index in [0.29, 0.717) is 11.7 Å². The number of alkyl carbamates (subject to hydrolysis) is 1. The monoisotopic (exact) mass is 290 g/mol. The van der Waals surface area contributed by atoms with Gasteiger partial charge in [0.05, 0.1) is 0 Å². The molecule has 0 saturated carbocycles. The highest BCUT2D eigenvalue weighted by Gasteiger charge is 2.04. The molecule has 1 aromatic carbocycles. The number of carbonyl (C=O) groups is 1. The highest BCUT2D eigenvalue weighted by atomic mass is 35.5. The van der Waals surface area contributed by atoms with Crippen LogP contribution in [-0.4, -0.2) is 11.1 Å².